The van der Waals surface area contributed by atoms with E-state index in [4.69, 9.17) is 16.3 Å². The first-order valence-electron chi connectivity index (χ1n) is 8.65. The fourth-order valence-corrected chi connectivity index (χ4v) is 4.78. The second-order valence-electron chi connectivity index (χ2n) is 6.92. The maximum absolute atomic E-state index is 12.6. The lowest BCUT2D eigenvalue weighted by Gasteiger charge is -2.48. The van der Waals surface area contributed by atoms with Crippen LogP contribution in [0.5, 0.6) is 10.8 Å². The molecule has 2 bridgehead atoms. The Morgan fingerprint density at radius 2 is 2.16 bits per heavy atom. The molecule has 4 nitrogen and oxygen atoms in total. The summed E-state index contributed by atoms with van der Waals surface area (Å²) in [6.45, 7) is 4.42. The number of amides is 1. The molecule has 1 amide bonds. The fraction of sp³-hybridized carbons (Fsp3) is 0.421. The Morgan fingerprint density at radius 1 is 1.36 bits per heavy atom. The molecule has 3 saturated heterocycles. The summed E-state index contributed by atoms with van der Waals surface area (Å²) < 4.78 is 5.73. The predicted octanol–water partition coefficient (Wildman–Crippen LogP) is 4.41. The molecule has 1 N–H and O–H groups in total. The molecule has 132 valence electrons. The van der Waals surface area contributed by atoms with Crippen LogP contribution < -0.4 is 10.1 Å². The molecule has 1 aromatic carbocycles. The molecule has 5 rings (SSSR count). The molecular weight excluding hydrogens is 356 g/mol. The van der Waals surface area contributed by atoms with Gasteiger partial charge in [0.05, 0.1) is 5.02 Å². The number of carbonyl (C=O) groups is 1. The summed E-state index contributed by atoms with van der Waals surface area (Å²) in [6, 6.07) is 9.95. The maximum Gasteiger partial charge on any atom is 0.251 e. The number of fused-ring (bicyclic) bond motifs is 3. The Balaban J connectivity index is 1.37. The van der Waals surface area contributed by atoms with Crippen molar-refractivity contribution in [2.24, 2.45) is 5.92 Å². The van der Waals surface area contributed by atoms with Gasteiger partial charge >= 0.3 is 0 Å². The summed E-state index contributed by atoms with van der Waals surface area (Å²) in [4.78, 5) is 15.0. The first-order chi connectivity index (χ1) is 12.1. The second kappa shape index (κ2) is 6.98. The van der Waals surface area contributed by atoms with E-state index in [0.717, 1.165) is 18.2 Å². The Morgan fingerprint density at radius 3 is 2.76 bits per heavy atom. The second-order valence-corrected chi connectivity index (χ2v) is 8.23. The zero-order valence-corrected chi connectivity index (χ0v) is 15.6. The van der Waals surface area contributed by atoms with Gasteiger partial charge in [0, 0.05) is 35.6 Å². The van der Waals surface area contributed by atoms with Crippen molar-refractivity contribution >= 4 is 28.8 Å². The molecule has 4 atom stereocenters. The zero-order chi connectivity index (χ0) is 17.4. The largest absolute Gasteiger partial charge is 0.447 e. The van der Waals surface area contributed by atoms with E-state index in [-0.39, 0.29) is 11.9 Å². The first kappa shape index (κ1) is 16.9. The van der Waals surface area contributed by atoms with Crippen LogP contribution in [-0.2, 0) is 0 Å². The summed E-state index contributed by atoms with van der Waals surface area (Å²) in [5, 5.41) is 6.46. The molecule has 3 fully saturated rings. The number of piperidine rings is 3. The molecule has 6 heteroatoms. The van der Waals surface area contributed by atoms with Gasteiger partial charge in [0.15, 0.2) is 5.06 Å². The van der Waals surface area contributed by atoms with E-state index in [1.165, 1.54) is 24.2 Å². The van der Waals surface area contributed by atoms with Crippen molar-refractivity contribution in [3.8, 4) is 10.8 Å². The topological polar surface area (TPSA) is 41.6 Å². The van der Waals surface area contributed by atoms with Crippen LogP contribution in [0.3, 0.4) is 0 Å². The number of benzene rings is 1. The van der Waals surface area contributed by atoms with Crippen LogP contribution >= 0.6 is 22.9 Å². The van der Waals surface area contributed by atoms with Gasteiger partial charge in [-0.15, -0.1) is 11.3 Å². The van der Waals surface area contributed by atoms with E-state index in [9.17, 15) is 4.79 Å². The highest BCUT2D eigenvalue weighted by molar-refractivity contribution is 7.12. The van der Waals surface area contributed by atoms with Crippen molar-refractivity contribution in [2.45, 2.75) is 31.8 Å². The van der Waals surface area contributed by atoms with Gasteiger partial charge in [0.1, 0.15) is 5.75 Å². The highest BCUT2D eigenvalue weighted by Crippen LogP contribution is 2.33. The Labute approximate surface area is 156 Å². The number of rotatable bonds is 4. The minimum absolute atomic E-state index is 0.00267. The normalized spacial score (nSPS) is 27.9. The molecule has 3 aliphatic rings. The molecule has 0 saturated carbocycles. The third kappa shape index (κ3) is 3.68. The van der Waals surface area contributed by atoms with Crippen LogP contribution in [0.25, 0.3) is 0 Å². The number of carbonyl (C=O) groups excluding carboxylic acids is 1. The lowest BCUT2D eigenvalue weighted by atomic mass is 9.80. The summed E-state index contributed by atoms with van der Waals surface area (Å²) in [5.74, 6) is 1.30. The minimum Gasteiger partial charge on any atom is -0.447 e. The SMILES string of the molecule is CC1CC2CCN1CC2NC(=O)c1ccc(Oc2cc(Cl)cs2)cc1. The smallest absolute Gasteiger partial charge is 0.251 e. The van der Waals surface area contributed by atoms with Crippen molar-refractivity contribution < 1.29 is 9.53 Å². The van der Waals surface area contributed by atoms with E-state index in [2.05, 4.69) is 17.1 Å². The van der Waals surface area contributed by atoms with E-state index in [1.807, 2.05) is 29.6 Å². The van der Waals surface area contributed by atoms with Crippen LogP contribution in [0, 0.1) is 5.92 Å². The van der Waals surface area contributed by atoms with E-state index >= 15 is 0 Å². The molecule has 3 aliphatic heterocycles. The first-order valence-corrected chi connectivity index (χ1v) is 9.91. The number of nitrogens with one attached hydrogen (secondary N) is 1. The van der Waals surface area contributed by atoms with Crippen molar-refractivity contribution in [2.75, 3.05) is 13.1 Å². The summed E-state index contributed by atoms with van der Waals surface area (Å²) >= 11 is 7.34. The van der Waals surface area contributed by atoms with Crippen LogP contribution in [-0.4, -0.2) is 36.0 Å². The lowest BCUT2D eigenvalue weighted by Crippen LogP contribution is -2.60. The number of nitrogens with zero attached hydrogens (tertiary/aromatic N) is 1. The minimum atomic E-state index is -0.00267. The van der Waals surface area contributed by atoms with Crippen molar-refractivity contribution in [3.63, 3.8) is 0 Å². The molecule has 0 aliphatic carbocycles. The molecule has 25 heavy (non-hydrogen) atoms. The molecule has 4 heterocycles. The van der Waals surface area contributed by atoms with E-state index in [0.29, 0.717) is 28.3 Å². The zero-order valence-electron chi connectivity index (χ0n) is 14.1. The number of hydrogen-bond donors (Lipinski definition) is 1. The van der Waals surface area contributed by atoms with Crippen molar-refractivity contribution in [1.29, 1.82) is 0 Å². The predicted molar refractivity (Wildman–Crippen MR) is 101 cm³/mol. The van der Waals surface area contributed by atoms with Gasteiger partial charge in [-0.3, -0.25) is 9.69 Å². The Hall–Kier alpha value is -1.56. The van der Waals surface area contributed by atoms with E-state index in [1.54, 1.807) is 6.07 Å². The van der Waals surface area contributed by atoms with Crippen molar-refractivity contribution in [1.82, 2.24) is 10.2 Å². The molecular formula is C19H21ClN2O2S. The highest BCUT2D eigenvalue weighted by Gasteiger charge is 2.38. The van der Waals surface area contributed by atoms with Gasteiger partial charge in [-0.25, -0.2) is 0 Å². The van der Waals surface area contributed by atoms with Crippen LogP contribution in [0.15, 0.2) is 35.7 Å². The average molecular weight is 377 g/mol. The van der Waals surface area contributed by atoms with Crippen LogP contribution in [0.1, 0.15) is 30.1 Å². The van der Waals surface area contributed by atoms with Gasteiger partial charge in [-0.05, 0) is 56.5 Å². The van der Waals surface area contributed by atoms with E-state index < -0.39 is 0 Å². The molecule has 4 unspecified atom stereocenters. The number of thiophene rings is 1. The highest BCUT2D eigenvalue weighted by atomic mass is 35.5. The van der Waals surface area contributed by atoms with Crippen LogP contribution in [0.2, 0.25) is 5.02 Å². The van der Waals surface area contributed by atoms with Crippen molar-refractivity contribution in [3.05, 3.63) is 46.3 Å². The molecule has 0 radical (unpaired) electrons. The summed E-state index contributed by atoms with van der Waals surface area (Å²) in [5.41, 5.74) is 0.668. The third-order valence-corrected chi connectivity index (χ3v) is 6.40. The quantitative estimate of drug-likeness (QED) is 0.859. The van der Waals surface area contributed by atoms with Crippen LogP contribution in [0.4, 0.5) is 0 Å². The monoisotopic (exact) mass is 376 g/mol. The summed E-state index contributed by atoms with van der Waals surface area (Å²) in [7, 11) is 0. The Bertz CT molecular complexity index is 761. The lowest BCUT2D eigenvalue weighted by molar-refractivity contribution is 0.0274. The number of halogens is 1. The third-order valence-electron chi connectivity index (χ3n) is 5.25. The number of ether oxygens (including phenoxy) is 1. The van der Waals surface area contributed by atoms with Gasteiger partial charge in [0.2, 0.25) is 0 Å². The molecule has 0 spiro atoms. The number of hydrogen-bond acceptors (Lipinski definition) is 4. The Kier molecular flexibility index (Phi) is 4.71. The van der Waals surface area contributed by atoms with Gasteiger partial charge in [0.25, 0.3) is 5.91 Å². The van der Waals surface area contributed by atoms with Gasteiger partial charge in [-0.1, -0.05) is 11.6 Å². The summed E-state index contributed by atoms with van der Waals surface area (Å²) in [6.07, 6.45) is 2.37. The maximum atomic E-state index is 12.6. The fourth-order valence-electron chi connectivity index (χ4n) is 3.85. The molecule has 2 aromatic rings. The van der Waals surface area contributed by atoms with Gasteiger partial charge < -0.3 is 10.1 Å². The molecule has 1 aromatic heterocycles. The average Bonchev–Trinajstić information content (AvgIpc) is 3.01. The van der Waals surface area contributed by atoms with Gasteiger partial charge in [-0.2, -0.15) is 0 Å². The standard InChI is InChI=1S/C19H21ClN2O2S/c1-12-8-14-6-7-22(12)10-17(14)21-19(23)13-2-4-16(5-3-13)24-18-9-15(20)11-25-18/h2-5,9,11-12,14,17H,6-8,10H2,1H3,(H,21,23).